The molecular formula is C59H47NS. The van der Waals surface area contributed by atoms with Crippen LogP contribution in [0.5, 0.6) is 0 Å². The van der Waals surface area contributed by atoms with Gasteiger partial charge >= 0.3 is 0 Å². The average molecular weight is 802 g/mol. The molecule has 3 atom stereocenters. The van der Waals surface area contributed by atoms with Crippen molar-refractivity contribution in [3.05, 3.63) is 251 Å². The molecule has 0 aliphatic heterocycles. The summed E-state index contributed by atoms with van der Waals surface area (Å²) in [7, 11) is 0. The van der Waals surface area contributed by atoms with Crippen LogP contribution in [0.3, 0.4) is 0 Å². The summed E-state index contributed by atoms with van der Waals surface area (Å²) in [4.78, 5) is 0. The Balaban J connectivity index is 0.974. The Kier molecular flexibility index (Phi) is 9.30. The van der Waals surface area contributed by atoms with Crippen LogP contribution >= 0.6 is 11.3 Å². The molecule has 2 N–H and O–H groups in total. The van der Waals surface area contributed by atoms with Gasteiger partial charge in [0, 0.05) is 32.1 Å². The maximum absolute atomic E-state index is 7.42. The van der Waals surface area contributed by atoms with Gasteiger partial charge in [0.05, 0.1) is 5.41 Å². The fourth-order valence-electron chi connectivity index (χ4n) is 10.7. The van der Waals surface area contributed by atoms with Gasteiger partial charge in [0.15, 0.2) is 0 Å². The predicted molar refractivity (Wildman–Crippen MR) is 261 cm³/mol. The number of allylic oxidation sites excluding steroid dienone is 8. The molecule has 3 aliphatic carbocycles. The third-order valence-electron chi connectivity index (χ3n) is 13.4. The van der Waals surface area contributed by atoms with E-state index in [1.807, 2.05) is 11.3 Å². The highest BCUT2D eigenvalue weighted by atomic mass is 32.1. The van der Waals surface area contributed by atoms with E-state index in [9.17, 15) is 0 Å². The first-order valence-corrected chi connectivity index (χ1v) is 22.5. The van der Waals surface area contributed by atoms with E-state index in [0.717, 1.165) is 6.42 Å². The molecule has 3 aliphatic rings. The lowest BCUT2D eigenvalue weighted by Gasteiger charge is -2.38. The number of hydrogen-bond donors (Lipinski definition) is 1. The Morgan fingerprint density at radius 3 is 2.00 bits per heavy atom. The second-order valence-corrected chi connectivity index (χ2v) is 17.9. The number of nitrogens with two attached hydrogens (primary N) is 1. The van der Waals surface area contributed by atoms with E-state index in [1.165, 1.54) is 98.1 Å². The summed E-state index contributed by atoms with van der Waals surface area (Å²) in [5, 5.41) is 2.66. The van der Waals surface area contributed by atoms with Crippen LogP contribution in [-0.2, 0) is 5.41 Å². The second kappa shape index (κ2) is 15.2. The topological polar surface area (TPSA) is 26.0 Å². The lowest BCUT2D eigenvalue weighted by molar-refractivity contribution is 0.672. The third-order valence-corrected chi connectivity index (χ3v) is 14.7. The van der Waals surface area contributed by atoms with E-state index in [1.54, 1.807) is 0 Å². The van der Waals surface area contributed by atoms with Gasteiger partial charge < -0.3 is 5.73 Å². The van der Waals surface area contributed by atoms with Gasteiger partial charge in [-0.3, -0.25) is 0 Å². The van der Waals surface area contributed by atoms with Crippen LogP contribution in [0.4, 0.5) is 0 Å². The molecule has 0 bridgehead atoms. The van der Waals surface area contributed by atoms with Crippen molar-refractivity contribution < 1.29 is 0 Å². The van der Waals surface area contributed by atoms with Crippen LogP contribution in [0.1, 0.15) is 59.6 Å². The van der Waals surface area contributed by atoms with Crippen LogP contribution in [0.2, 0.25) is 0 Å². The zero-order valence-corrected chi connectivity index (χ0v) is 35.4. The highest BCUT2D eigenvalue weighted by Gasteiger charge is 2.47. The van der Waals surface area contributed by atoms with E-state index >= 15 is 0 Å². The second-order valence-electron chi connectivity index (χ2n) is 16.9. The molecule has 0 radical (unpaired) electrons. The zero-order valence-electron chi connectivity index (χ0n) is 34.6. The van der Waals surface area contributed by atoms with Crippen LogP contribution < -0.4 is 5.73 Å². The summed E-state index contributed by atoms with van der Waals surface area (Å²) in [6.45, 7) is 4.52. The Morgan fingerprint density at radius 1 is 0.623 bits per heavy atom. The minimum atomic E-state index is -0.467. The van der Waals surface area contributed by atoms with E-state index in [4.69, 9.17) is 5.73 Å². The van der Waals surface area contributed by atoms with Gasteiger partial charge in [-0.25, -0.2) is 0 Å². The van der Waals surface area contributed by atoms with E-state index in [-0.39, 0.29) is 12.0 Å². The molecule has 0 saturated carbocycles. The fourth-order valence-corrected chi connectivity index (χ4v) is 11.9. The maximum atomic E-state index is 7.42. The zero-order chi connectivity index (χ0) is 41.1. The number of fused-ring (bicyclic) bond motifs is 6. The molecule has 2 heteroatoms. The molecule has 11 rings (SSSR count). The first-order chi connectivity index (χ1) is 30.0. The highest BCUT2D eigenvalue weighted by Crippen LogP contribution is 2.57. The van der Waals surface area contributed by atoms with E-state index in [0.29, 0.717) is 5.92 Å². The molecule has 1 nitrogen and oxygen atoms in total. The third kappa shape index (κ3) is 6.00. The van der Waals surface area contributed by atoms with Crippen LogP contribution in [0.15, 0.2) is 217 Å². The Bertz CT molecular complexity index is 3100. The molecule has 8 aromatic rings. The normalized spacial score (nSPS) is 19.3. The Labute approximate surface area is 363 Å². The first kappa shape index (κ1) is 37.4. The van der Waals surface area contributed by atoms with Crippen molar-refractivity contribution in [2.75, 3.05) is 0 Å². The van der Waals surface area contributed by atoms with Gasteiger partial charge in [-0.15, -0.1) is 11.3 Å². The summed E-state index contributed by atoms with van der Waals surface area (Å²) >= 11 is 1.89. The van der Waals surface area contributed by atoms with Crippen LogP contribution in [0.25, 0.3) is 53.6 Å². The van der Waals surface area contributed by atoms with Crippen LogP contribution in [-0.4, -0.2) is 6.04 Å². The van der Waals surface area contributed by atoms with E-state index < -0.39 is 5.41 Å². The van der Waals surface area contributed by atoms with Crippen molar-refractivity contribution in [1.82, 2.24) is 0 Å². The fraction of sp³-hybridized carbons (Fsp3) is 0.119. The largest absolute Gasteiger partial charge is 0.324 e. The molecule has 0 spiro atoms. The van der Waals surface area contributed by atoms with Crippen molar-refractivity contribution in [3.8, 4) is 22.3 Å². The van der Waals surface area contributed by atoms with Crippen molar-refractivity contribution in [2.45, 2.75) is 37.6 Å². The predicted octanol–water partition coefficient (Wildman–Crippen LogP) is 15.1. The lowest BCUT2D eigenvalue weighted by Crippen LogP contribution is -2.35. The minimum Gasteiger partial charge on any atom is -0.324 e. The molecule has 61 heavy (non-hydrogen) atoms. The van der Waals surface area contributed by atoms with Crippen molar-refractivity contribution >= 4 is 42.7 Å². The first-order valence-electron chi connectivity index (χ1n) is 21.6. The van der Waals surface area contributed by atoms with Crippen molar-refractivity contribution in [3.63, 3.8) is 0 Å². The summed E-state index contributed by atoms with van der Waals surface area (Å²) in [5.74, 6) is 0.436. The van der Waals surface area contributed by atoms with Gasteiger partial charge in [-0.05, 0) is 103 Å². The lowest BCUT2D eigenvalue weighted by atomic mass is 9.65. The molecule has 0 fully saturated rings. The van der Waals surface area contributed by atoms with Gasteiger partial charge in [0.1, 0.15) is 0 Å². The molecule has 0 amide bonds. The SMILES string of the molecule is C/C=C(\C1=C(c2ccccc2C2C=CC(C3(c4ccccc4)c4ccccc4-c4ccccc43)=CC2N)C=CC(C)C1)c1ccc(-c2cccc3c2sc2ccccc23)cc1. The summed E-state index contributed by atoms with van der Waals surface area (Å²) in [6.07, 6.45) is 15.2. The quantitative estimate of drug-likeness (QED) is 0.171. The number of thiophene rings is 1. The van der Waals surface area contributed by atoms with Gasteiger partial charge in [-0.1, -0.05) is 207 Å². The molecule has 1 heterocycles. The molecule has 0 saturated heterocycles. The Morgan fingerprint density at radius 2 is 1.26 bits per heavy atom. The van der Waals surface area contributed by atoms with Crippen molar-refractivity contribution in [2.24, 2.45) is 11.7 Å². The number of rotatable bonds is 7. The summed E-state index contributed by atoms with van der Waals surface area (Å²) < 4.78 is 2.68. The molecule has 1 aromatic heterocycles. The molecule has 7 aromatic carbocycles. The Hall–Kier alpha value is -6.58. The van der Waals surface area contributed by atoms with Gasteiger partial charge in [0.2, 0.25) is 0 Å². The smallest absolute Gasteiger partial charge is 0.0710 e. The summed E-state index contributed by atoms with van der Waals surface area (Å²) in [5.41, 5.74) is 24.9. The highest BCUT2D eigenvalue weighted by molar-refractivity contribution is 7.26. The van der Waals surface area contributed by atoms with Gasteiger partial charge in [0.25, 0.3) is 0 Å². The monoisotopic (exact) mass is 801 g/mol. The number of hydrogen-bond acceptors (Lipinski definition) is 2. The van der Waals surface area contributed by atoms with Crippen molar-refractivity contribution in [1.29, 1.82) is 0 Å². The minimum absolute atomic E-state index is 0.00566. The molecule has 3 unspecified atom stereocenters. The summed E-state index contributed by atoms with van der Waals surface area (Å²) in [6, 6.07) is 62.3. The van der Waals surface area contributed by atoms with Gasteiger partial charge in [-0.2, -0.15) is 0 Å². The molecular weight excluding hydrogens is 755 g/mol. The average Bonchev–Trinajstić information content (AvgIpc) is 3.84. The van der Waals surface area contributed by atoms with E-state index in [2.05, 4.69) is 220 Å². The number of benzene rings is 7. The van der Waals surface area contributed by atoms with Crippen LogP contribution in [0, 0.1) is 5.92 Å². The standard InChI is InChI=1S/C59H47NS/c1-3-43(39-29-31-40(32-30-39)44-23-15-24-52-51-22-11-14-27-57(51)61-58(44)52)53-36-38(2)28-34-47(53)45-18-7-8-19-46(45)50-35-33-42(37-56(50)60)59(41-16-5-4-6-17-41)54-25-12-9-20-48(54)49-21-10-13-26-55(49)59/h3-35,37-38,50,56H,36,60H2,1-2H3/b43-3-. The molecule has 294 valence electrons. The maximum Gasteiger partial charge on any atom is 0.0710 e.